The summed E-state index contributed by atoms with van der Waals surface area (Å²) in [6.07, 6.45) is 3.12. The molecule has 0 aromatic carbocycles. The molecule has 0 amide bonds. The Kier molecular flexibility index (Phi) is 5.89. The quantitative estimate of drug-likeness (QED) is 0.779. The lowest BCUT2D eigenvalue weighted by Crippen LogP contribution is -2.19. The van der Waals surface area contributed by atoms with E-state index >= 15 is 0 Å². The molecule has 1 unspecified atom stereocenters. The summed E-state index contributed by atoms with van der Waals surface area (Å²) in [6, 6.07) is 2.40. The molecule has 102 valence electrons. The molecule has 0 fully saturated rings. The van der Waals surface area contributed by atoms with E-state index in [9.17, 15) is 0 Å². The zero-order valence-electron chi connectivity index (χ0n) is 12.2. The first kappa shape index (κ1) is 14.7. The first-order chi connectivity index (χ1) is 8.55. The van der Waals surface area contributed by atoms with Crippen LogP contribution in [0.3, 0.4) is 0 Å². The van der Waals surface area contributed by atoms with Gasteiger partial charge in [0, 0.05) is 25.6 Å². The highest BCUT2D eigenvalue weighted by Gasteiger charge is 2.08. The lowest BCUT2D eigenvalue weighted by molar-refractivity contribution is 0.538. The highest BCUT2D eigenvalue weighted by Crippen LogP contribution is 2.15. The molecule has 1 heterocycles. The van der Waals surface area contributed by atoms with Crippen LogP contribution < -0.4 is 10.6 Å². The molecule has 0 saturated carbocycles. The van der Waals surface area contributed by atoms with Crippen LogP contribution in [0, 0.1) is 5.92 Å². The Hall–Kier alpha value is -1.32. The number of aromatic nitrogens is 2. The van der Waals surface area contributed by atoms with Crippen LogP contribution in [0.25, 0.3) is 0 Å². The molecule has 18 heavy (non-hydrogen) atoms. The van der Waals surface area contributed by atoms with E-state index in [0.717, 1.165) is 36.7 Å². The number of anilines is 2. The number of rotatable bonds is 7. The summed E-state index contributed by atoms with van der Waals surface area (Å²) in [6.45, 7) is 8.81. The maximum Gasteiger partial charge on any atom is 0.133 e. The normalized spacial score (nSPS) is 12.6. The first-order valence-corrected chi connectivity index (χ1v) is 6.87. The van der Waals surface area contributed by atoms with Crippen LogP contribution >= 0.6 is 0 Å². The number of hydrogen-bond donors (Lipinski definition) is 2. The van der Waals surface area contributed by atoms with Gasteiger partial charge in [-0.15, -0.1) is 0 Å². The molecular formula is C14H26N4. The maximum atomic E-state index is 4.56. The van der Waals surface area contributed by atoms with Crippen molar-refractivity contribution in [1.82, 2.24) is 9.97 Å². The maximum absolute atomic E-state index is 4.56. The van der Waals surface area contributed by atoms with Crippen molar-refractivity contribution in [2.75, 3.05) is 17.7 Å². The van der Waals surface area contributed by atoms with Gasteiger partial charge in [0.05, 0.1) is 0 Å². The van der Waals surface area contributed by atoms with E-state index in [1.54, 1.807) is 0 Å². The molecule has 0 bridgehead atoms. The van der Waals surface area contributed by atoms with Crippen molar-refractivity contribution in [3.05, 3.63) is 11.9 Å². The SMILES string of the molecule is CCCc1nc(NC)cc(NC(C)CC(C)C)n1. The first-order valence-electron chi connectivity index (χ1n) is 6.87. The Labute approximate surface area is 111 Å². The third-order valence-corrected chi connectivity index (χ3v) is 2.72. The van der Waals surface area contributed by atoms with E-state index in [0.29, 0.717) is 12.0 Å². The fourth-order valence-electron chi connectivity index (χ4n) is 2.05. The van der Waals surface area contributed by atoms with E-state index in [1.165, 1.54) is 0 Å². The second-order valence-corrected chi connectivity index (χ2v) is 5.23. The monoisotopic (exact) mass is 250 g/mol. The molecular weight excluding hydrogens is 224 g/mol. The molecule has 0 spiro atoms. The Balaban J connectivity index is 2.77. The summed E-state index contributed by atoms with van der Waals surface area (Å²) >= 11 is 0. The third kappa shape index (κ3) is 4.90. The van der Waals surface area contributed by atoms with Gasteiger partial charge in [0.2, 0.25) is 0 Å². The van der Waals surface area contributed by atoms with Crippen LogP contribution in [0.4, 0.5) is 11.6 Å². The van der Waals surface area contributed by atoms with Crippen LogP contribution in [0.5, 0.6) is 0 Å². The molecule has 0 aliphatic heterocycles. The van der Waals surface area contributed by atoms with Gasteiger partial charge in [-0.25, -0.2) is 9.97 Å². The van der Waals surface area contributed by atoms with Gasteiger partial charge in [0.15, 0.2) is 0 Å². The fourth-order valence-corrected chi connectivity index (χ4v) is 2.05. The minimum atomic E-state index is 0.430. The van der Waals surface area contributed by atoms with Crippen molar-refractivity contribution in [2.45, 2.75) is 53.0 Å². The summed E-state index contributed by atoms with van der Waals surface area (Å²) in [4.78, 5) is 9.00. The van der Waals surface area contributed by atoms with Crippen LogP contribution in [-0.2, 0) is 6.42 Å². The second-order valence-electron chi connectivity index (χ2n) is 5.23. The Morgan fingerprint density at radius 2 is 1.83 bits per heavy atom. The second kappa shape index (κ2) is 7.19. The number of nitrogens with one attached hydrogen (secondary N) is 2. The Morgan fingerprint density at radius 1 is 1.17 bits per heavy atom. The molecule has 1 aromatic rings. The summed E-state index contributed by atoms with van der Waals surface area (Å²) in [5, 5.41) is 6.54. The molecule has 0 radical (unpaired) electrons. The number of nitrogens with zero attached hydrogens (tertiary/aromatic N) is 2. The van der Waals surface area contributed by atoms with Crippen LogP contribution in [0.1, 0.15) is 46.4 Å². The summed E-state index contributed by atoms with van der Waals surface area (Å²) in [5.74, 6) is 3.40. The predicted octanol–water partition coefficient (Wildman–Crippen LogP) is 3.32. The molecule has 1 aromatic heterocycles. The minimum absolute atomic E-state index is 0.430. The molecule has 1 rings (SSSR count). The number of aryl methyl sites for hydroxylation is 1. The fraction of sp³-hybridized carbons (Fsp3) is 0.714. The summed E-state index contributed by atoms with van der Waals surface area (Å²) in [7, 11) is 1.89. The van der Waals surface area contributed by atoms with Gasteiger partial charge in [-0.1, -0.05) is 20.8 Å². The van der Waals surface area contributed by atoms with Crippen molar-refractivity contribution >= 4 is 11.6 Å². The van der Waals surface area contributed by atoms with Crippen molar-refractivity contribution in [3.63, 3.8) is 0 Å². The van der Waals surface area contributed by atoms with Crippen LogP contribution in [0.15, 0.2) is 6.07 Å². The molecule has 4 heteroatoms. The van der Waals surface area contributed by atoms with Gasteiger partial charge in [-0.2, -0.15) is 0 Å². The average Bonchev–Trinajstić information content (AvgIpc) is 2.27. The van der Waals surface area contributed by atoms with E-state index in [1.807, 2.05) is 13.1 Å². The lowest BCUT2D eigenvalue weighted by atomic mass is 10.1. The largest absolute Gasteiger partial charge is 0.373 e. The average molecular weight is 250 g/mol. The molecule has 1 atom stereocenters. The molecule has 0 saturated heterocycles. The van der Waals surface area contributed by atoms with E-state index in [-0.39, 0.29) is 0 Å². The standard InChI is InChI=1S/C14H26N4/c1-6-7-12-17-13(15-5)9-14(18-12)16-11(4)8-10(2)3/h9-11H,6-8H2,1-5H3,(H2,15,16,17,18). The van der Waals surface area contributed by atoms with Crippen molar-refractivity contribution < 1.29 is 0 Å². The zero-order valence-corrected chi connectivity index (χ0v) is 12.2. The number of hydrogen-bond acceptors (Lipinski definition) is 4. The highest BCUT2D eigenvalue weighted by atomic mass is 15.1. The predicted molar refractivity (Wildman–Crippen MR) is 78.1 cm³/mol. The molecule has 4 nitrogen and oxygen atoms in total. The Bertz CT molecular complexity index is 363. The van der Waals surface area contributed by atoms with Gasteiger partial charge in [0.1, 0.15) is 17.5 Å². The van der Waals surface area contributed by atoms with Crippen molar-refractivity contribution in [3.8, 4) is 0 Å². The summed E-state index contributed by atoms with van der Waals surface area (Å²) in [5.41, 5.74) is 0. The van der Waals surface area contributed by atoms with E-state index in [4.69, 9.17) is 0 Å². The lowest BCUT2D eigenvalue weighted by Gasteiger charge is -2.17. The Morgan fingerprint density at radius 3 is 2.39 bits per heavy atom. The van der Waals surface area contributed by atoms with Gasteiger partial charge in [-0.05, 0) is 25.7 Å². The van der Waals surface area contributed by atoms with Gasteiger partial charge in [0.25, 0.3) is 0 Å². The highest BCUT2D eigenvalue weighted by molar-refractivity contribution is 5.47. The molecule has 2 N–H and O–H groups in total. The molecule has 0 aliphatic rings. The smallest absolute Gasteiger partial charge is 0.133 e. The molecule has 0 aliphatic carbocycles. The van der Waals surface area contributed by atoms with Gasteiger partial charge >= 0.3 is 0 Å². The van der Waals surface area contributed by atoms with Crippen LogP contribution in [0.2, 0.25) is 0 Å². The van der Waals surface area contributed by atoms with Crippen LogP contribution in [-0.4, -0.2) is 23.1 Å². The van der Waals surface area contributed by atoms with Gasteiger partial charge < -0.3 is 10.6 Å². The van der Waals surface area contributed by atoms with Crippen molar-refractivity contribution in [1.29, 1.82) is 0 Å². The zero-order chi connectivity index (χ0) is 13.5. The summed E-state index contributed by atoms with van der Waals surface area (Å²) < 4.78 is 0. The van der Waals surface area contributed by atoms with Gasteiger partial charge in [-0.3, -0.25) is 0 Å². The minimum Gasteiger partial charge on any atom is -0.373 e. The topological polar surface area (TPSA) is 49.8 Å². The van der Waals surface area contributed by atoms with E-state index in [2.05, 4.69) is 48.3 Å². The third-order valence-electron chi connectivity index (χ3n) is 2.72. The van der Waals surface area contributed by atoms with E-state index < -0.39 is 0 Å². The van der Waals surface area contributed by atoms with Crippen molar-refractivity contribution in [2.24, 2.45) is 5.92 Å².